The number of carboxylic acids is 1. The lowest BCUT2D eigenvalue weighted by molar-refractivity contribution is -0.145. The Morgan fingerprint density at radius 3 is 2.94 bits per heavy atom. The monoisotopic (exact) mass is 253 g/mol. The largest absolute Gasteiger partial charge is 0.479 e. The maximum absolute atomic E-state index is 11.0. The fraction of sp³-hybridized carbons (Fsp3) is 0.417. The SMILES string of the molecule is NCCCC(Oc1ccc2c(c1)OCO2)C(=O)O. The fourth-order valence-electron chi connectivity index (χ4n) is 1.65. The number of benzene rings is 1. The third kappa shape index (κ3) is 2.84. The van der Waals surface area contributed by atoms with E-state index in [1.807, 2.05) is 0 Å². The van der Waals surface area contributed by atoms with Crippen LogP contribution in [0.4, 0.5) is 0 Å². The zero-order valence-corrected chi connectivity index (χ0v) is 9.80. The van der Waals surface area contributed by atoms with Gasteiger partial charge in [0, 0.05) is 6.07 Å². The van der Waals surface area contributed by atoms with Gasteiger partial charge in [-0.15, -0.1) is 0 Å². The van der Waals surface area contributed by atoms with E-state index in [1.54, 1.807) is 18.2 Å². The lowest BCUT2D eigenvalue weighted by Crippen LogP contribution is -2.27. The van der Waals surface area contributed by atoms with Gasteiger partial charge < -0.3 is 25.1 Å². The van der Waals surface area contributed by atoms with Gasteiger partial charge in [-0.25, -0.2) is 4.79 Å². The number of nitrogens with two attached hydrogens (primary N) is 1. The van der Waals surface area contributed by atoms with Gasteiger partial charge in [-0.1, -0.05) is 0 Å². The molecule has 6 nitrogen and oxygen atoms in total. The predicted molar refractivity (Wildman–Crippen MR) is 62.9 cm³/mol. The number of rotatable bonds is 6. The second kappa shape index (κ2) is 5.59. The van der Waals surface area contributed by atoms with Crippen molar-refractivity contribution in [3.8, 4) is 17.2 Å². The van der Waals surface area contributed by atoms with Crippen LogP contribution in [0.5, 0.6) is 17.2 Å². The number of fused-ring (bicyclic) bond motifs is 1. The standard InChI is InChI=1S/C12H15NO5/c13-5-1-2-10(12(14)15)18-8-3-4-9-11(6-8)17-7-16-9/h3-4,6,10H,1-2,5,7,13H2,(H,14,15). The minimum absolute atomic E-state index is 0.175. The van der Waals surface area contributed by atoms with Crippen molar-refractivity contribution >= 4 is 5.97 Å². The molecular weight excluding hydrogens is 238 g/mol. The van der Waals surface area contributed by atoms with E-state index in [2.05, 4.69) is 0 Å². The van der Waals surface area contributed by atoms with Crippen molar-refractivity contribution in [2.45, 2.75) is 18.9 Å². The summed E-state index contributed by atoms with van der Waals surface area (Å²) < 4.78 is 15.8. The van der Waals surface area contributed by atoms with Gasteiger partial charge in [-0.3, -0.25) is 0 Å². The summed E-state index contributed by atoms with van der Waals surface area (Å²) in [6.45, 7) is 0.614. The molecule has 98 valence electrons. The van der Waals surface area contributed by atoms with E-state index in [4.69, 9.17) is 25.1 Å². The molecule has 0 bridgehead atoms. The lowest BCUT2D eigenvalue weighted by atomic mass is 10.2. The summed E-state index contributed by atoms with van der Waals surface area (Å²) in [6, 6.07) is 4.98. The van der Waals surface area contributed by atoms with Gasteiger partial charge in [0.15, 0.2) is 17.6 Å². The number of ether oxygens (including phenoxy) is 3. The van der Waals surface area contributed by atoms with Gasteiger partial charge in [0.1, 0.15) is 5.75 Å². The van der Waals surface area contributed by atoms with E-state index in [1.165, 1.54) is 0 Å². The maximum atomic E-state index is 11.0. The van der Waals surface area contributed by atoms with E-state index in [-0.39, 0.29) is 6.79 Å². The highest BCUT2D eigenvalue weighted by atomic mass is 16.7. The molecule has 1 aliphatic rings. The molecule has 0 spiro atoms. The molecule has 3 N–H and O–H groups in total. The normalized spacial score (nSPS) is 14.3. The van der Waals surface area contributed by atoms with Crippen LogP contribution in [-0.2, 0) is 4.79 Å². The summed E-state index contributed by atoms with van der Waals surface area (Å²) in [7, 11) is 0. The molecule has 1 atom stereocenters. The molecule has 1 aliphatic heterocycles. The Balaban J connectivity index is 2.04. The number of hydrogen-bond donors (Lipinski definition) is 2. The number of carbonyl (C=O) groups is 1. The topological polar surface area (TPSA) is 91.0 Å². The van der Waals surface area contributed by atoms with Gasteiger partial charge in [0.2, 0.25) is 6.79 Å². The first-order valence-corrected chi connectivity index (χ1v) is 5.70. The Morgan fingerprint density at radius 1 is 1.44 bits per heavy atom. The molecule has 0 saturated heterocycles. The molecule has 6 heteroatoms. The van der Waals surface area contributed by atoms with Crippen molar-refractivity contribution in [1.29, 1.82) is 0 Å². The van der Waals surface area contributed by atoms with Crippen LogP contribution < -0.4 is 19.9 Å². The van der Waals surface area contributed by atoms with Crippen molar-refractivity contribution in [2.24, 2.45) is 5.73 Å². The Morgan fingerprint density at radius 2 is 2.22 bits per heavy atom. The Bertz CT molecular complexity index is 434. The maximum Gasteiger partial charge on any atom is 0.344 e. The van der Waals surface area contributed by atoms with Crippen LogP contribution >= 0.6 is 0 Å². The van der Waals surface area contributed by atoms with Gasteiger partial charge in [0.25, 0.3) is 0 Å². The molecule has 2 rings (SSSR count). The third-order valence-corrected chi connectivity index (χ3v) is 2.57. The first-order valence-electron chi connectivity index (χ1n) is 5.70. The van der Waals surface area contributed by atoms with Gasteiger partial charge >= 0.3 is 5.97 Å². The van der Waals surface area contributed by atoms with Crippen LogP contribution in [0, 0.1) is 0 Å². The number of carboxylic acid groups (broad SMARTS) is 1. The molecule has 0 aliphatic carbocycles. The summed E-state index contributed by atoms with van der Waals surface area (Å²) in [5.74, 6) is 0.649. The average Bonchev–Trinajstić information content (AvgIpc) is 2.81. The zero-order valence-electron chi connectivity index (χ0n) is 9.80. The van der Waals surface area contributed by atoms with E-state index < -0.39 is 12.1 Å². The van der Waals surface area contributed by atoms with Crippen molar-refractivity contribution in [3.05, 3.63) is 18.2 Å². The molecule has 0 fully saturated rings. The van der Waals surface area contributed by atoms with Crippen LogP contribution in [0.2, 0.25) is 0 Å². The van der Waals surface area contributed by atoms with E-state index >= 15 is 0 Å². The Kier molecular flexibility index (Phi) is 3.88. The second-order valence-electron chi connectivity index (χ2n) is 3.89. The van der Waals surface area contributed by atoms with Gasteiger partial charge in [-0.05, 0) is 31.5 Å². The van der Waals surface area contributed by atoms with E-state index in [0.717, 1.165) is 0 Å². The quantitative estimate of drug-likeness (QED) is 0.785. The van der Waals surface area contributed by atoms with Crippen LogP contribution in [0.15, 0.2) is 18.2 Å². The first kappa shape index (κ1) is 12.5. The number of hydrogen-bond acceptors (Lipinski definition) is 5. The van der Waals surface area contributed by atoms with Gasteiger partial charge in [-0.2, -0.15) is 0 Å². The highest BCUT2D eigenvalue weighted by Gasteiger charge is 2.20. The number of aliphatic carboxylic acids is 1. The van der Waals surface area contributed by atoms with Crippen LogP contribution in [0.1, 0.15) is 12.8 Å². The average molecular weight is 253 g/mol. The third-order valence-electron chi connectivity index (χ3n) is 2.57. The molecule has 1 aromatic carbocycles. The molecule has 18 heavy (non-hydrogen) atoms. The molecule has 1 aromatic rings. The lowest BCUT2D eigenvalue weighted by Gasteiger charge is -2.14. The zero-order chi connectivity index (χ0) is 13.0. The molecule has 1 heterocycles. The van der Waals surface area contributed by atoms with E-state index in [9.17, 15) is 4.79 Å². The summed E-state index contributed by atoms with van der Waals surface area (Å²) >= 11 is 0. The second-order valence-corrected chi connectivity index (χ2v) is 3.89. The molecule has 0 aromatic heterocycles. The Hall–Kier alpha value is -1.95. The van der Waals surface area contributed by atoms with Crippen molar-refractivity contribution < 1.29 is 24.1 Å². The predicted octanol–water partition coefficient (Wildman–Crippen LogP) is 0.986. The smallest absolute Gasteiger partial charge is 0.344 e. The highest BCUT2D eigenvalue weighted by molar-refractivity contribution is 5.72. The summed E-state index contributed by atoms with van der Waals surface area (Å²) in [5.41, 5.74) is 5.36. The molecule has 0 saturated carbocycles. The van der Waals surface area contributed by atoms with Crippen LogP contribution in [0.3, 0.4) is 0 Å². The molecule has 0 radical (unpaired) electrons. The Labute approximate surface area is 104 Å². The van der Waals surface area contributed by atoms with Crippen LogP contribution in [-0.4, -0.2) is 30.5 Å². The highest BCUT2D eigenvalue weighted by Crippen LogP contribution is 2.35. The van der Waals surface area contributed by atoms with Crippen molar-refractivity contribution in [2.75, 3.05) is 13.3 Å². The van der Waals surface area contributed by atoms with Crippen LogP contribution in [0.25, 0.3) is 0 Å². The minimum atomic E-state index is -0.999. The summed E-state index contributed by atoms with van der Waals surface area (Å²) in [4.78, 5) is 11.0. The summed E-state index contributed by atoms with van der Waals surface area (Å²) in [6.07, 6.45) is 0.0795. The summed E-state index contributed by atoms with van der Waals surface area (Å²) in [5, 5.41) is 9.03. The molecule has 1 unspecified atom stereocenters. The van der Waals surface area contributed by atoms with Gasteiger partial charge in [0.05, 0.1) is 0 Å². The molecule has 0 amide bonds. The van der Waals surface area contributed by atoms with E-state index in [0.29, 0.717) is 36.6 Å². The van der Waals surface area contributed by atoms with Crippen molar-refractivity contribution in [1.82, 2.24) is 0 Å². The fourth-order valence-corrected chi connectivity index (χ4v) is 1.65. The minimum Gasteiger partial charge on any atom is -0.479 e. The first-order chi connectivity index (χ1) is 8.70. The molecular formula is C12H15NO5. The van der Waals surface area contributed by atoms with Crippen molar-refractivity contribution in [3.63, 3.8) is 0 Å².